The maximum Gasteiger partial charge on any atom is 0.257 e. The summed E-state index contributed by atoms with van der Waals surface area (Å²) in [5.41, 5.74) is 2.41. The van der Waals surface area contributed by atoms with Gasteiger partial charge in [0.25, 0.3) is 5.88 Å². The van der Waals surface area contributed by atoms with E-state index in [9.17, 15) is 4.79 Å². The average Bonchev–Trinajstić information content (AvgIpc) is 2.71. The number of nitrogens with one attached hydrogen (secondary N) is 1. The van der Waals surface area contributed by atoms with E-state index in [1.807, 2.05) is 6.92 Å². The van der Waals surface area contributed by atoms with Gasteiger partial charge < -0.3 is 19.5 Å². The van der Waals surface area contributed by atoms with Crippen molar-refractivity contribution in [1.29, 1.82) is 0 Å². The van der Waals surface area contributed by atoms with Crippen molar-refractivity contribution in [2.24, 2.45) is 0 Å². The number of hydrogen-bond donors (Lipinski definition) is 1. The van der Waals surface area contributed by atoms with Crippen LogP contribution in [0.25, 0.3) is 11.3 Å². The highest BCUT2D eigenvalue weighted by molar-refractivity contribution is 5.96. The molecule has 0 radical (unpaired) electrons. The van der Waals surface area contributed by atoms with Crippen molar-refractivity contribution in [3.05, 3.63) is 23.4 Å². The van der Waals surface area contributed by atoms with Crippen LogP contribution in [0.2, 0.25) is 0 Å². The minimum atomic E-state index is -0.0757. The number of anilines is 1. The number of benzene rings is 1. The molecule has 0 saturated carbocycles. The predicted octanol–water partition coefficient (Wildman–Crippen LogP) is 4.28. The number of aromatic nitrogens is 2. The molecule has 0 fully saturated rings. The van der Waals surface area contributed by atoms with Gasteiger partial charge in [0.15, 0.2) is 11.6 Å². The summed E-state index contributed by atoms with van der Waals surface area (Å²) in [6, 6.07) is 3.65. The first-order valence-corrected chi connectivity index (χ1v) is 9.36. The standard InChI is InChI=1S/C21H29N3O4/c1-8-15(9-2)23-20-21(28-7)24-19(12(3)22-20)18-16(26-5)10-14(13(4)25)11-17(18)27-6/h10-11,15H,8-9H2,1-7H3,(H,22,23). The lowest BCUT2D eigenvalue weighted by atomic mass is 10.0. The molecule has 0 atom stereocenters. The second-order valence-corrected chi connectivity index (χ2v) is 6.49. The van der Waals surface area contributed by atoms with Crippen LogP contribution in [0.3, 0.4) is 0 Å². The topological polar surface area (TPSA) is 82.6 Å². The van der Waals surface area contributed by atoms with Crippen LogP contribution in [0.5, 0.6) is 17.4 Å². The van der Waals surface area contributed by atoms with E-state index in [-0.39, 0.29) is 11.8 Å². The van der Waals surface area contributed by atoms with Crippen molar-refractivity contribution in [3.63, 3.8) is 0 Å². The Hall–Kier alpha value is -2.83. The fourth-order valence-electron chi connectivity index (χ4n) is 3.01. The van der Waals surface area contributed by atoms with Crippen LogP contribution >= 0.6 is 0 Å². The molecule has 1 aromatic carbocycles. The Labute approximate surface area is 166 Å². The highest BCUT2D eigenvalue weighted by Gasteiger charge is 2.22. The largest absolute Gasteiger partial charge is 0.496 e. The molecule has 0 spiro atoms. The minimum absolute atomic E-state index is 0.0757. The molecule has 7 heteroatoms. The molecule has 152 valence electrons. The first kappa shape index (κ1) is 21.5. The molecule has 0 aliphatic heterocycles. The molecular formula is C21H29N3O4. The van der Waals surface area contributed by atoms with Gasteiger partial charge in [-0.05, 0) is 38.8 Å². The van der Waals surface area contributed by atoms with E-state index in [1.165, 1.54) is 6.92 Å². The first-order valence-electron chi connectivity index (χ1n) is 9.36. The molecule has 1 aromatic heterocycles. The SMILES string of the molecule is CCC(CC)Nc1nc(C)c(-c2c(OC)cc(C(C)=O)cc2OC)nc1OC. The molecule has 7 nitrogen and oxygen atoms in total. The van der Waals surface area contributed by atoms with Crippen LogP contribution < -0.4 is 19.5 Å². The second kappa shape index (κ2) is 9.39. The van der Waals surface area contributed by atoms with Crippen LogP contribution in [0.4, 0.5) is 5.82 Å². The van der Waals surface area contributed by atoms with Crippen LogP contribution in [0.1, 0.15) is 49.7 Å². The third-order valence-electron chi connectivity index (χ3n) is 4.71. The van der Waals surface area contributed by atoms with E-state index < -0.39 is 0 Å². The fourth-order valence-corrected chi connectivity index (χ4v) is 3.01. The number of carbonyl (C=O) groups is 1. The van der Waals surface area contributed by atoms with Gasteiger partial charge in [0.1, 0.15) is 17.2 Å². The van der Waals surface area contributed by atoms with Gasteiger partial charge in [-0.1, -0.05) is 13.8 Å². The molecule has 0 aliphatic rings. The van der Waals surface area contributed by atoms with Crippen molar-refractivity contribution in [3.8, 4) is 28.6 Å². The quantitative estimate of drug-likeness (QED) is 0.643. The van der Waals surface area contributed by atoms with Gasteiger partial charge in [0, 0.05) is 11.6 Å². The number of rotatable bonds is 9. The summed E-state index contributed by atoms with van der Waals surface area (Å²) in [5.74, 6) is 1.91. The number of aryl methyl sites for hydroxylation is 1. The zero-order valence-corrected chi connectivity index (χ0v) is 17.7. The highest BCUT2D eigenvalue weighted by Crippen LogP contribution is 2.41. The Bertz CT molecular complexity index is 823. The van der Waals surface area contributed by atoms with Gasteiger partial charge in [-0.2, -0.15) is 0 Å². The number of carbonyl (C=O) groups excluding carboxylic acids is 1. The molecule has 0 bridgehead atoms. The maximum atomic E-state index is 11.8. The van der Waals surface area contributed by atoms with E-state index in [0.29, 0.717) is 45.7 Å². The van der Waals surface area contributed by atoms with E-state index in [1.54, 1.807) is 33.5 Å². The molecule has 1 N–H and O–H groups in total. The number of methoxy groups -OCH3 is 3. The normalized spacial score (nSPS) is 10.7. The summed E-state index contributed by atoms with van der Waals surface area (Å²) < 4.78 is 16.6. The third kappa shape index (κ3) is 4.35. The summed E-state index contributed by atoms with van der Waals surface area (Å²) in [4.78, 5) is 21.2. The lowest BCUT2D eigenvalue weighted by Crippen LogP contribution is -2.19. The van der Waals surface area contributed by atoms with Gasteiger partial charge in [0.2, 0.25) is 0 Å². The van der Waals surface area contributed by atoms with Crippen LogP contribution in [-0.4, -0.2) is 43.1 Å². The third-order valence-corrected chi connectivity index (χ3v) is 4.71. The van der Waals surface area contributed by atoms with E-state index >= 15 is 0 Å². The molecule has 2 aromatic rings. The van der Waals surface area contributed by atoms with Crippen molar-refractivity contribution >= 4 is 11.6 Å². The first-order chi connectivity index (χ1) is 13.4. The number of nitrogens with zero attached hydrogens (tertiary/aromatic N) is 2. The van der Waals surface area contributed by atoms with Gasteiger partial charge >= 0.3 is 0 Å². The molecular weight excluding hydrogens is 358 g/mol. The van der Waals surface area contributed by atoms with Gasteiger partial charge in [-0.15, -0.1) is 0 Å². The molecule has 2 rings (SSSR count). The van der Waals surface area contributed by atoms with Crippen molar-refractivity contribution < 1.29 is 19.0 Å². The van der Waals surface area contributed by atoms with Gasteiger partial charge in [0.05, 0.1) is 32.6 Å². The Morgan fingerprint density at radius 3 is 2.04 bits per heavy atom. The Kier molecular flexibility index (Phi) is 7.20. The molecule has 0 aliphatic carbocycles. The number of Topliss-reactive ketones (excluding diaryl/α,β-unsaturated/α-hetero) is 1. The van der Waals surface area contributed by atoms with E-state index in [2.05, 4.69) is 29.1 Å². The molecule has 0 unspecified atom stereocenters. The zero-order chi connectivity index (χ0) is 20.8. The zero-order valence-electron chi connectivity index (χ0n) is 17.7. The monoisotopic (exact) mass is 387 g/mol. The Balaban J connectivity index is 2.66. The van der Waals surface area contributed by atoms with E-state index in [4.69, 9.17) is 14.2 Å². The Morgan fingerprint density at radius 1 is 1.04 bits per heavy atom. The van der Waals surface area contributed by atoms with Gasteiger partial charge in [-0.3, -0.25) is 4.79 Å². The number of ketones is 1. The maximum absolute atomic E-state index is 11.8. The van der Waals surface area contributed by atoms with Gasteiger partial charge in [-0.25, -0.2) is 9.97 Å². The summed E-state index contributed by atoms with van der Waals surface area (Å²) in [6.07, 6.45) is 1.94. The number of ether oxygens (including phenoxy) is 3. The number of hydrogen-bond acceptors (Lipinski definition) is 7. The fraction of sp³-hybridized carbons (Fsp3) is 0.476. The predicted molar refractivity (Wildman–Crippen MR) is 110 cm³/mol. The average molecular weight is 387 g/mol. The summed E-state index contributed by atoms with van der Waals surface area (Å²) >= 11 is 0. The Morgan fingerprint density at radius 2 is 1.61 bits per heavy atom. The van der Waals surface area contributed by atoms with Crippen LogP contribution in [0.15, 0.2) is 12.1 Å². The molecule has 1 heterocycles. The molecule has 0 amide bonds. The second-order valence-electron chi connectivity index (χ2n) is 6.49. The summed E-state index contributed by atoms with van der Waals surface area (Å²) in [6.45, 7) is 7.61. The molecule has 0 saturated heterocycles. The lowest BCUT2D eigenvalue weighted by molar-refractivity contribution is 0.101. The smallest absolute Gasteiger partial charge is 0.257 e. The summed E-state index contributed by atoms with van der Waals surface area (Å²) in [7, 11) is 4.66. The van der Waals surface area contributed by atoms with Crippen LogP contribution in [0, 0.1) is 6.92 Å². The highest BCUT2D eigenvalue weighted by atomic mass is 16.5. The van der Waals surface area contributed by atoms with Crippen molar-refractivity contribution in [1.82, 2.24) is 9.97 Å². The van der Waals surface area contributed by atoms with Crippen LogP contribution in [-0.2, 0) is 0 Å². The molecule has 28 heavy (non-hydrogen) atoms. The minimum Gasteiger partial charge on any atom is -0.496 e. The van der Waals surface area contributed by atoms with Crippen molar-refractivity contribution in [2.45, 2.75) is 46.6 Å². The summed E-state index contributed by atoms with van der Waals surface area (Å²) in [5, 5.41) is 3.39. The lowest BCUT2D eigenvalue weighted by Gasteiger charge is -2.20. The van der Waals surface area contributed by atoms with Crippen molar-refractivity contribution in [2.75, 3.05) is 26.6 Å². The van der Waals surface area contributed by atoms with E-state index in [0.717, 1.165) is 12.8 Å².